The van der Waals surface area contributed by atoms with E-state index in [4.69, 9.17) is 10.8 Å². The van der Waals surface area contributed by atoms with Gasteiger partial charge in [0.2, 0.25) is 5.91 Å². The minimum atomic E-state index is -1.10. The number of pyridine rings is 1. The zero-order valence-corrected chi connectivity index (χ0v) is 10.9. The molecule has 1 unspecified atom stereocenters. The number of aromatic nitrogens is 1. The Hall–Kier alpha value is -2.31. The second kappa shape index (κ2) is 6.58. The van der Waals surface area contributed by atoms with Gasteiger partial charge in [0, 0.05) is 12.7 Å². The Bertz CT molecular complexity index is 476. The average molecular weight is 266 g/mol. The van der Waals surface area contributed by atoms with Gasteiger partial charge in [0.1, 0.15) is 11.9 Å². The van der Waals surface area contributed by atoms with Crippen molar-refractivity contribution in [3.05, 3.63) is 17.8 Å². The molecular formula is C12H18N4O3. The topological polar surface area (TPSA) is 117 Å². The van der Waals surface area contributed by atoms with E-state index in [1.165, 1.54) is 12.3 Å². The third kappa shape index (κ3) is 4.13. The number of carboxylic acid groups (broad SMARTS) is 1. The molecule has 1 heterocycles. The van der Waals surface area contributed by atoms with Gasteiger partial charge in [0.15, 0.2) is 0 Å². The zero-order chi connectivity index (χ0) is 14.4. The Kier molecular flexibility index (Phi) is 5.11. The van der Waals surface area contributed by atoms with Gasteiger partial charge in [0.05, 0.1) is 11.3 Å². The van der Waals surface area contributed by atoms with Gasteiger partial charge in [0.25, 0.3) is 0 Å². The predicted octanol–water partition coefficient (Wildman–Crippen LogP) is 0.689. The van der Waals surface area contributed by atoms with E-state index in [1.807, 2.05) is 6.92 Å². The fraction of sp³-hybridized carbons (Fsp3) is 0.417. The maximum Gasteiger partial charge on any atom is 0.337 e. The monoisotopic (exact) mass is 266 g/mol. The maximum atomic E-state index is 11.7. The van der Waals surface area contributed by atoms with Crippen LogP contribution in [0.4, 0.5) is 11.5 Å². The third-order valence-electron chi connectivity index (χ3n) is 2.46. The minimum absolute atomic E-state index is 0.00568. The van der Waals surface area contributed by atoms with Crippen molar-refractivity contribution in [1.82, 2.24) is 10.3 Å². The first-order valence-electron chi connectivity index (χ1n) is 5.98. The minimum Gasteiger partial charge on any atom is -0.478 e. The fourth-order valence-electron chi connectivity index (χ4n) is 1.39. The van der Waals surface area contributed by atoms with Crippen LogP contribution in [0.2, 0.25) is 0 Å². The van der Waals surface area contributed by atoms with E-state index >= 15 is 0 Å². The largest absolute Gasteiger partial charge is 0.478 e. The Labute approximate surface area is 111 Å². The van der Waals surface area contributed by atoms with E-state index in [2.05, 4.69) is 15.6 Å². The van der Waals surface area contributed by atoms with Crippen LogP contribution in [-0.4, -0.2) is 34.6 Å². The van der Waals surface area contributed by atoms with Crippen LogP contribution in [0, 0.1) is 0 Å². The molecule has 0 saturated heterocycles. The van der Waals surface area contributed by atoms with Gasteiger partial charge in [-0.25, -0.2) is 9.78 Å². The summed E-state index contributed by atoms with van der Waals surface area (Å²) in [5.74, 6) is -0.964. The lowest BCUT2D eigenvalue weighted by molar-refractivity contribution is -0.121. The van der Waals surface area contributed by atoms with Gasteiger partial charge in [-0.3, -0.25) is 4.79 Å². The van der Waals surface area contributed by atoms with Crippen molar-refractivity contribution < 1.29 is 14.7 Å². The number of anilines is 2. The summed E-state index contributed by atoms with van der Waals surface area (Å²) in [5, 5.41) is 14.4. The lowest BCUT2D eigenvalue weighted by Gasteiger charge is -2.15. The highest BCUT2D eigenvalue weighted by atomic mass is 16.4. The Morgan fingerprint density at radius 2 is 2.21 bits per heavy atom. The quantitative estimate of drug-likeness (QED) is 0.601. The molecule has 7 heteroatoms. The molecule has 1 atom stereocenters. The zero-order valence-electron chi connectivity index (χ0n) is 10.9. The van der Waals surface area contributed by atoms with Gasteiger partial charge in [-0.15, -0.1) is 0 Å². The summed E-state index contributed by atoms with van der Waals surface area (Å²) in [6.07, 6.45) is 2.05. The molecule has 0 spiro atoms. The molecule has 0 bridgehead atoms. The SMILES string of the molecule is CCCNC(=O)C(C)Nc1ncc(C(=O)O)cc1N. The number of hydrogen-bond donors (Lipinski definition) is 4. The van der Waals surface area contributed by atoms with Crippen LogP contribution in [0.5, 0.6) is 0 Å². The summed E-state index contributed by atoms with van der Waals surface area (Å²) in [6, 6.07) is 0.797. The number of amides is 1. The van der Waals surface area contributed by atoms with E-state index in [0.717, 1.165) is 6.42 Å². The Morgan fingerprint density at radius 1 is 1.53 bits per heavy atom. The molecule has 0 aliphatic rings. The van der Waals surface area contributed by atoms with Crippen molar-refractivity contribution in [3.63, 3.8) is 0 Å². The maximum absolute atomic E-state index is 11.7. The molecule has 1 aromatic rings. The number of aromatic carboxylic acids is 1. The summed E-state index contributed by atoms with van der Waals surface area (Å²) in [6.45, 7) is 4.24. The van der Waals surface area contributed by atoms with Crippen molar-refractivity contribution in [3.8, 4) is 0 Å². The van der Waals surface area contributed by atoms with Gasteiger partial charge >= 0.3 is 5.97 Å². The normalized spacial score (nSPS) is 11.7. The van der Waals surface area contributed by atoms with Crippen molar-refractivity contribution in [2.75, 3.05) is 17.6 Å². The second-order valence-corrected chi connectivity index (χ2v) is 4.12. The molecule has 0 aromatic carbocycles. The average Bonchev–Trinajstić information content (AvgIpc) is 2.37. The van der Waals surface area contributed by atoms with E-state index in [0.29, 0.717) is 12.4 Å². The van der Waals surface area contributed by atoms with Crippen LogP contribution < -0.4 is 16.4 Å². The number of nitrogens with zero attached hydrogens (tertiary/aromatic N) is 1. The summed E-state index contributed by atoms with van der Waals surface area (Å²) < 4.78 is 0. The smallest absolute Gasteiger partial charge is 0.337 e. The lowest BCUT2D eigenvalue weighted by atomic mass is 10.2. The summed E-state index contributed by atoms with van der Waals surface area (Å²) in [7, 11) is 0. The standard InChI is InChI=1S/C12H18N4O3/c1-3-4-14-11(17)7(2)16-10-9(13)5-8(6-15-10)12(18)19/h5-7H,3-4,13H2,1-2H3,(H,14,17)(H,15,16)(H,18,19). The number of nitrogens with one attached hydrogen (secondary N) is 2. The molecule has 1 rings (SSSR count). The van der Waals surface area contributed by atoms with Crippen LogP contribution in [0.3, 0.4) is 0 Å². The highest BCUT2D eigenvalue weighted by Gasteiger charge is 2.14. The number of carboxylic acids is 1. The first-order valence-corrected chi connectivity index (χ1v) is 5.98. The molecule has 0 aliphatic heterocycles. The number of rotatable bonds is 6. The predicted molar refractivity (Wildman–Crippen MR) is 72.0 cm³/mol. The van der Waals surface area contributed by atoms with Crippen LogP contribution in [0.25, 0.3) is 0 Å². The lowest BCUT2D eigenvalue weighted by Crippen LogP contribution is -2.38. The van der Waals surface area contributed by atoms with Crippen molar-refractivity contribution in [2.24, 2.45) is 0 Å². The Balaban J connectivity index is 2.71. The third-order valence-corrected chi connectivity index (χ3v) is 2.46. The van der Waals surface area contributed by atoms with Crippen molar-refractivity contribution in [2.45, 2.75) is 26.3 Å². The molecule has 0 radical (unpaired) electrons. The van der Waals surface area contributed by atoms with Gasteiger partial charge < -0.3 is 21.5 Å². The van der Waals surface area contributed by atoms with Crippen LogP contribution >= 0.6 is 0 Å². The highest BCUT2D eigenvalue weighted by molar-refractivity contribution is 5.90. The first-order chi connectivity index (χ1) is 8.95. The molecule has 0 fully saturated rings. The van der Waals surface area contributed by atoms with Crippen LogP contribution in [0.1, 0.15) is 30.6 Å². The first kappa shape index (κ1) is 14.7. The number of nitrogens with two attached hydrogens (primary N) is 1. The summed E-state index contributed by atoms with van der Waals surface area (Å²) in [4.78, 5) is 26.3. The summed E-state index contributed by atoms with van der Waals surface area (Å²) in [5.41, 5.74) is 5.88. The summed E-state index contributed by atoms with van der Waals surface area (Å²) >= 11 is 0. The molecule has 19 heavy (non-hydrogen) atoms. The molecule has 5 N–H and O–H groups in total. The molecule has 1 amide bonds. The number of carbonyl (C=O) groups excluding carboxylic acids is 1. The second-order valence-electron chi connectivity index (χ2n) is 4.12. The van der Waals surface area contributed by atoms with Gasteiger partial charge in [-0.1, -0.05) is 6.92 Å². The van der Waals surface area contributed by atoms with Gasteiger partial charge in [-0.05, 0) is 19.4 Å². The fourth-order valence-corrected chi connectivity index (χ4v) is 1.39. The Morgan fingerprint density at radius 3 is 2.74 bits per heavy atom. The number of hydrogen-bond acceptors (Lipinski definition) is 5. The van der Waals surface area contributed by atoms with E-state index in [-0.39, 0.29) is 17.2 Å². The van der Waals surface area contributed by atoms with Crippen molar-refractivity contribution >= 4 is 23.4 Å². The van der Waals surface area contributed by atoms with E-state index < -0.39 is 12.0 Å². The number of nitrogen functional groups attached to an aromatic ring is 1. The highest BCUT2D eigenvalue weighted by Crippen LogP contribution is 2.17. The van der Waals surface area contributed by atoms with Crippen molar-refractivity contribution in [1.29, 1.82) is 0 Å². The van der Waals surface area contributed by atoms with Crippen LogP contribution in [0.15, 0.2) is 12.3 Å². The molecule has 0 aliphatic carbocycles. The van der Waals surface area contributed by atoms with E-state index in [1.54, 1.807) is 6.92 Å². The molecule has 1 aromatic heterocycles. The van der Waals surface area contributed by atoms with E-state index in [9.17, 15) is 9.59 Å². The van der Waals surface area contributed by atoms with Gasteiger partial charge in [-0.2, -0.15) is 0 Å². The molecule has 0 saturated carbocycles. The molecule has 7 nitrogen and oxygen atoms in total. The molecule has 104 valence electrons. The number of carbonyl (C=O) groups is 2. The molecular weight excluding hydrogens is 248 g/mol. The van der Waals surface area contributed by atoms with Crippen LogP contribution in [-0.2, 0) is 4.79 Å².